The molecule has 0 bridgehead atoms. The summed E-state index contributed by atoms with van der Waals surface area (Å²) >= 11 is 0. The van der Waals surface area contributed by atoms with Gasteiger partial charge < -0.3 is 14.2 Å². The van der Waals surface area contributed by atoms with Gasteiger partial charge in [-0.05, 0) is 31.1 Å². The summed E-state index contributed by atoms with van der Waals surface area (Å²) in [5.74, 6) is 0.868. The van der Waals surface area contributed by atoms with E-state index in [2.05, 4.69) is 34.6 Å². The van der Waals surface area contributed by atoms with Gasteiger partial charge in [0.15, 0.2) is 6.10 Å². The van der Waals surface area contributed by atoms with Gasteiger partial charge in [0.2, 0.25) is 0 Å². The largest absolute Gasteiger partial charge is 0.462 e. The van der Waals surface area contributed by atoms with E-state index in [1.807, 2.05) is 0 Å². The van der Waals surface area contributed by atoms with E-state index in [4.69, 9.17) is 14.2 Å². The molecule has 0 aromatic heterocycles. The standard InChI is InChI=1S/C62H120O6/c1-6-8-9-10-11-12-13-14-15-18-22-25-28-31-37-42-47-52-60(63)66-55-59(56-67-61(64)53-48-43-38-34-33-35-40-45-50-57(3)4)68-62(65)54-49-44-39-32-29-26-23-20-17-16-19-21-24-27-30-36-41-46-51-58(5)7-2/h57-59H,6-56H2,1-5H3/t58?,59-/m0/s1. The first kappa shape index (κ1) is 66.4. The Morgan fingerprint density at radius 2 is 0.559 bits per heavy atom. The van der Waals surface area contributed by atoms with Crippen molar-refractivity contribution in [3.63, 3.8) is 0 Å². The molecule has 0 rings (SSSR count). The number of carbonyl (C=O) groups excluding carboxylic acids is 3. The van der Waals surface area contributed by atoms with Crippen LogP contribution >= 0.6 is 0 Å². The lowest BCUT2D eigenvalue weighted by atomic mass is 9.99. The van der Waals surface area contributed by atoms with Gasteiger partial charge in [0.05, 0.1) is 0 Å². The molecule has 2 atom stereocenters. The van der Waals surface area contributed by atoms with Gasteiger partial charge in [0, 0.05) is 19.3 Å². The van der Waals surface area contributed by atoms with Crippen molar-refractivity contribution in [2.24, 2.45) is 11.8 Å². The van der Waals surface area contributed by atoms with E-state index in [-0.39, 0.29) is 31.1 Å². The Labute approximate surface area is 425 Å². The molecular formula is C62H120O6. The lowest BCUT2D eigenvalue weighted by Crippen LogP contribution is -2.30. The predicted molar refractivity (Wildman–Crippen MR) is 293 cm³/mol. The predicted octanol–water partition coefficient (Wildman–Crippen LogP) is 20.4. The topological polar surface area (TPSA) is 78.9 Å². The van der Waals surface area contributed by atoms with Crippen LogP contribution in [0.2, 0.25) is 0 Å². The Balaban J connectivity index is 4.22. The van der Waals surface area contributed by atoms with Crippen LogP contribution in [0.4, 0.5) is 0 Å². The smallest absolute Gasteiger partial charge is 0.306 e. The highest BCUT2D eigenvalue weighted by molar-refractivity contribution is 5.71. The second-order valence-electron chi connectivity index (χ2n) is 22.1. The Hall–Kier alpha value is -1.59. The second kappa shape index (κ2) is 54.7. The third-order valence-electron chi connectivity index (χ3n) is 14.6. The summed E-state index contributed by atoms with van der Waals surface area (Å²) in [5, 5.41) is 0. The van der Waals surface area contributed by atoms with Gasteiger partial charge in [-0.15, -0.1) is 0 Å². The van der Waals surface area contributed by atoms with E-state index < -0.39 is 6.10 Å². The number of esters is 3. The maximum Gasteiger partial charge on any atom is 0.306 e. The monoisotopic (exact) mass is 961 g/mol. The van der Waals surface area contributed by atoms with Crippen molar-refractivity contribution in [2.45, 2.75) is 355 Å². The van der Waals surface area contributed by atoms with Gasteiger partial charge in [0.1, 0.15) is 13.2 Å². The first-order valence-corrected chi connectivity index (χ1v) is 30.8. The maximum atomic E-state index is 12.9. The van der Waals surface area contributed by atoms with E-state index >= 15 is 0 Å². The minimum atomic E-state index is -0.763. The second-order valence-corrected chi connectivity index (χ2v) is 22.1. The van der Waals surface area contributed by atoms with Crippen LogP contribution in [0, 0.1) is 11.8 Å². The normalized spacial score (nSPS) is 12.4. The first-order chi connectivity index (χ1) is 33.3. The number of hydrogen-bond acceptors (Lipinski definition) is 6. The zero-order valence-electron chi connectivity index (χ0n) is 46.7. The fourth-order valence-corrected chi connectivity index (χ4v) is 9.55. The van der Waals surface area contributed by atoms with Crippen molar-refractivity contribution < 1.29 is 28.6 Å². The fraction of sp³-hybridized carbons (Fsp3) is 0.952. The Kier molecular flexibility index (Phi) is 53.5. The number of carbonyl (C=O) groups is 3. The van der Waals surface area contributed by atoms with Gasteiger partial charge in [0.25, 0.3) is 0 Å². The summed E-state index contributed by atoms with van der Waals surface area (Å²) in [6.07, 6.45) is 59.6. The highest BCUT2D eigenvalue weighted by atomic mass is 16.6. The summed E-state index contributed by atoms with van der Waals surface area (Å²) < 4.78 is 16.9. The molecule has 0 aliphatic heterocycles. The molecule has 0 amide bonds. The molecule has 0 aliphatic carbocycles. The Morgan fingerprint density at radius 1 is 0.309 bits per heavy atom. The van der Waals surface area contributed by atoms with Crippen molar-refractivity contribution in [3.8, 4) is 0 Å². The van der Waals surface area contributed by atoms with Crippen LogP contribution in [-0.4, -0.2) is 37.2 Å². The summed E-state index contributed by atoms with van der Waals surface area (Å²) in [7, 11) is 0. The Bertz CT molecular complexity index is 1040. The number of unbranched alkanes of at least 4 members (excludes halogenated alkanes) is 40. The van der Waals surface area contributed by atoms with Crippen LogP contribution in [0.15, 0.2) is 0 Å². The van der Waals surface area contributed by atoms with Crippen LogP contribution in [0.5, 0.6) is 0 Å². The molecule has 0 saturated carbocycles. The lowest BCUT2D eigenvalue weighted by Gasteiger charge is -2.18. The minimum absolute atomic E-state index is 0.0627. The van der Waals surface area contributed by atoms with Crippen LogP contribution in [0.25, 0.3) is 0 Å². The number of ether oxygens (including phenoxy) is 3. The van der Waals surface area contributed by atoms with Crippen LogP contribution < -0.4 is 0 Å². The highest BCUT2D eigenvalue weighted by Gasteiger charge is 2.19. The molecular weight excluding hydrogens is 841 g/mol. The molecule has 68 heavy (non-hydrogen) atoms. The van der Waals surface area contributed by atoms with Crippen molar-refractivity contribution in [2.75, 3.05) is 13.2 Å². The molecule has 0 radical (unpaired) electrons. The van der Waals surface area contributed by atoms with Gasteiger partial charge in [-0.3, -0.25) is 14.4 Å². The summed E-state index contributed by atoms with van der Waals surface area (Å²) in [4.78, 5) is 38.2. The van der Waals surface area contributed by atoms with Gasteiger partial charge >= 0.3 is 17.9 Å². The van der Waals surface area contributed by atoms with Crippen molar-refractivity contribution in [1.29, 1.82) is 0 Å². The third kappa shape index (κ3) is 53.8. The molecule has 0 aliphatic rings. The van der Waals surface area contributed by atoms with Crippen LogP contribution in [0.1, 0.15) is 349 Å². The van der Waals surface area contributed by atoms with Crippen molar-refractivity contribution in [3.05, 3.63) is 0 Å². The van der Waals surface area contributed by atoms with E-state index in [1.165, 1.54) is 238 Å². The summed E-state index contributed by atoms with van der Waals surface area (Å²) in [5.41, 5.74) is 0. The molecule has 1 unspecified atom stereocenters. The average Bonchev–Trinajstić information content (AvgIpc) is 3.32. The van der Waals surface area contributed by atoms with Crippen molar-refractivity contribution >= 4 is 17.9 Å². The lowest BCUT2D eigenvalue weighted by molar-refractivity contribution is -0.167. The zero-order chi connectivity index (χ0) is 49.6. The average molecular weight is 962 g/mol. The molecule has 6 heteroatoms. The quantitative estimate of drug-likeness (QED) is 0.0343. The SMILES string of the molecule is CCCCCCCCCCCCCCCCCCCC(=O)OC[C@@H](COC(=O)CCCCCCCCCCC(C)C)OC(=O)CCCCCCCCCCCCCCCCCCCCC(C)CC. The fourth-order valence-electron chi connectivity index (χ4n) is 9.55. The molecule has 0 N–H and O–H groups in total. The van der Waals surface area contributed by atoms with E-state index in [0.717, 1.165) is 69.6 Å². The maximum absolute atomic E-state index is 12.9. The van der Waals surface area contributed by atoms with Crippen LogP contribution in [0.3, 0.4) is 0 Å². The molecule has 0 fully saturated rings. The molecule has 0 aromatic carbocycles. The first-order valence-electron chi connectivity index (χ1n) is 30.8. The van der Waals surface area contributed by atoms with Crippen LogP contribution in [-0.2, 0) is 28.6 Å². The summed E-state index contributed by atoms with van der Waals surface area (Å²) in [6.45, 7) is 11.4. The highest BCUT2D eigenvalue weighted by Crippen LogP contribution is 2.19. The molecule has 404 valence electrons. The number of rotatable bonds is 56. The van der Waals surface area contributed by atoms with E-state index in [1.54, 1.807) is 0 Å². The summed E-state index contributed by atoms with van der Waals surface area (Å²) in [6, 6.07) is 0. The van der Waals surface area contributed by atoms with Gasteiger partial charge in [-0.1, -0.05) is 311 Å². The molecule has 6 nitrogen and oxygen atoms in total. The Morgan fingerprint density at radius 3 is 0.838 bits per heavy atom. The van der Waals surface area contributed by atoms with Crippen molar-refractivity contribution in [1.82, 2.24) is 0 Å². The zero-order valence-corrected chi connectivity index (χ0v) is 46.7. The number of hydrogen-bond donors (Lipinski definition) is 0. The minimum Gasteiger partial charge on any atom is -0.462 e. The van der Waals surface area contributed by atoms with Gasteiger partial charge in [-0.2, -0.15) is 0 Å². The molecule has 0 spiro atoms. The third-order valence-corrected chi connectivity index (χ3v) is 14.6. The molecule has 0 heterocycles. The molecule has 0 aromatic rings. The van der Waals surface area contributed by atoms with Gasteiger partial charge in [-0.25, -0.2) is 0 Å². The van der Waals surface area contributed by atoms with E-state index in [9.17, 15) is 14.4 Å². The van der Waals surface area contributed by atoms with E-state index in [0.29, 0.717) is 19.3 Å². The molecule has 0 saturated heterocycles.